The average Bonchev–Trinajstić information content (AvgIpc) is 2.38. The predicted molar refractivity (Wildman–Crippen MR) is 73.5 cm³/mol. The number of hydrogen-bond acceptors (Lipinski definition) is 3. The van der Waals surface area contributed by atoms with Gasteiger partial charge in [0.1, 0.15) is 0 Å². The topological polar surface area (TPSA) is 64.3 Å². The quantitative estimate of drug-likeness (QED) is 0.777. The summed E-state index contributed by atoms with van der Waals surface area (Å²) in [5, 5.41) is 2.86. The molecular formula is C14H22N2O2. The molecular weight excluding hydrogens is 228 g/mol. The fourth-order valence-corrected chi connectivity index (χ4v) is 1.60. The van der Waals surface area contributed by atoms with Gasteiger partial charge in [-0.15, -0.1) is 0 Å². The first-order valence-electron chi connectivity index (χ1n) is 6.27. The summed E-state index contributed by atoms with van der Waals surface area (Å²) in [5.41, 5.74) is 7.49. The van der Waals surface area contributed by atoms with Gasteiger partial charge in [0.05, 0.1) is 6.10 Å². The third kappa shape index (κ3) is 5.29. The van der Waals surface area contributed by atoms with Crippen LogP contribution in [0.15, 0.2) is 24.3 Å². The van der Waals surface area contributed by atoms with Crippen molar-refractivity contribution in [1.82, 2.24) is 0 Å². The van der Waals surface area contributed by atoms with E-state index in [-0.39, 0.29) is 12.0 Å². The summed E-state index contributed by atoms with van der Waals surface area (Å²) in [7, 11) is 1.65. The highest BCUT2D eigenvalue weighted by atomic mass is 16.5. The summed E-state index contributed by atoms with van der Waals surface area (Å²) in [5.74, 6) is 0.0190. The lowest BCUT2D eigenvalue weighted by atomic mass is 10.1. The molecule has 4 heteroatoms. The van der Waals surface area contributed by atoms with Gasteiger partial charge in [-0.2, -0.15) is 0 Å². The molecule has 0 aliphatic carbocycles. The van der Waals surface area contributed by atoms with Crippen LogP contribution in [0.4, 0.5) is 5.69 Å². The van der Waals surface area contributed by atoms with Gasteiger partial charge in [0.15, 0.2) is 0 Å². The Bertz CT molecular complexity index is 363. The Labute approximate surface area is 109 Å². The van der Waals surface area contributed by atoms with Gasteiger partial charge >= 0.3 is 0 Å². The van der Waals surface area contributed by atoms with E-state index in [0.29, 0.717) is 13.0 Å². The molecule has 0 saturated carbocycles. The average molecular weight is 250 g/mol. The van der Waals surface area contributed by atoms with Crippen molar-refractivity contribution in [2.75, 3.05) is 19.0 Å². The third-order valence-electron chi connectivity index (χ3n) is 2.85. The molecule has 0 aliphatic heterocycles. The highest BCUT2D eigenvalue weighted by Crippen LogP contribution is 2.11. The number of carbonyl (C=O) groups is 1. The second-order valence-electron chi connectivity index (χ2n) is 4.37. The van der Waals surface area contributed by atoms with Crippen molar-refractivity contribution in [3.8, 4) is 0 Å². The molecule has 18 heavy (non-hydrogen) atoms. The van der Waals surface area contributed by atoms with E-state index in [4.69, 9.17) is 10.5 Å². The van der Waals surface area contributed by atoms with E-state index in [0.717, 1.165) is 18.5 Å². The van der Waals surface area contributed by atoms with Crippen LogP contribution in [-0.4, -0.2) is 25.7 Å². The second kappa shape index (κ2) is 7.84. The smallest absolute Gasteiger partial charge is 0.224 e. The number of benzene rings is 1. The highest BCUT2D eigenvalue weighted by Gasteiger charge is 2.06. The number of hydrogen-bond donors (Lipinski definition) is 2. The van der Waals surface area contributed by atoms with Crippen LogP contribution in [0.25, 0.3) is 0 Å². The van der Waals surface area contributed by atoms with E-state index >= 15 is 0 Å². The molecule has 1 unspecified atom stereocenters. The summed E-state index contributed by atoms with van der Waals surface area (Å²) >= 11 is 0. The lowest BCUT2D eigenvalue weighted by molar-refractivity contribution is -0.116. The number of carbonyl (C=O) groups excluding carboxylic acids is 1. The van der Waals surface area contributed by atoms with E-state index in [9.17, 15) is 4.79 Å². The molecule has 0 heterocycles. The number of amides is 1. The Balaban J connectivity index is 2.39. The Morgan fingerprint density at radius 1 is 1.39 bits per heavy atom. The SMILES string of the molecule is COC(C)CCC(=O)Nc1ccc(CCN)cc1. The summed E-state index contributed by atoms with van der Waals surface area (Å²) in [4.78, 5) is 11.7. The first-order chi connectivity index (χ1) is 8.65. The summed E-state index contributed by atoms with van der Waals surface area (Å²) in [6, 6.07) is 7.78. The largest absolute Gasteiger partial charge is 0.382 e. The fraction of sp³-hybridized carbons (Fsp3) is 0.500. The normalized spacial score (nSPS) is 12.2. The van der Waals surface area contributed by atoms with Crippen LogP contribution in [-0.2, 0) is 16.0 Å². The van der Waals surface area contributed by atoms with Crippen molar-refractivity contribution < 1.29 is 9.53 Å². The number of ether oxygens (including phenoxy) is 1. The molecule has 4 nitrogen and oxygen atoms in total. The number of anilines is 1. The van der Waals surface area contributed by atoms with E-state index in [1.54, 1.807) is 7.11 Å². The zero-order valence-corrected chi connectivity index (χ0v) is 11.1. The molecule has 1 aromatic carbocycles. The molecule has 0 spiro atoms. The van der Waals surface area contributed by atoms with Gasteiger partial charge in [-0.1, -0.05) is 12.1 Å². The Hall–Kier alpha value is -1.39. The lowest BCUT2D eigenvalue weighted by Crippen LogP contribution is -2.15. The van der Waals surface area contributed by atoms with Crippen molar-refractivity contribution >= 4 is 11.6 Å². The maximum atomic E-state index is 11.7. The van der Waals surface area contributed by atoms with Gasteiger partial charge in [-0.25, -0.2) is 0 Å². The molecule has 3 N–H and O–H groups in total. The maximum Gasteiger partial charge on any atom is 0.224 e. The minimum absolute atomic E-state index is 0.0190. The van der Waals surface area contributed by atoms with Crippen LogP contribution in [0.2, 0.25) is 0 Å². The molecule has 1 aromatic rings. The first-order valence-corrected chi connectivity index (χ1v) is 6.27. The van der Waals surface area contributed by atoms with Gasteiger partial charge in [0.2, 0.25) is 5.91 Å². The number of rotatable bonds is 7. The summed E-state index contributed by atoms with van der Waals surface area (Å²) in [6.45, 7) is 2.59. The lowest BCUT2D eigenvalue weighted by Gasteiger charge is -2.09. The Kier molecular flexibility index (Phi) is 6.39. The van der Waals surface area contributed by atoms with Crippen molar-refractivity contribution in [2.24, 2.45) is 5.73 Å². The number of methoxy groups -OCH3 is 1. The predicted octanol–water partition coefficient (Wildman–Crippen LogP) is 1.94. The molecule has 0 bridgehead atoms. The van der Waals surface area contributed by atoms with Gasteiger partial charge < -0.3 is 15.8 Å². The molecule has 0 saturated heterocycles. The van der Waals surface area contributed by atoms with E-state index < -0.39 is 0 Å². The minimum atomic E-state index is 0.0190. The van der Waals surface area contributed by atoms with Crippen molar-refractivity contribution in [1.29, 1.82) is 0 Å². The highest BCUT2D eigenvalue weighted by molar-refractivity contribution is 5.90. The molecule has 0 aliphatic rings. The Morgan fingerprint density at radius 3 is 2.61 bits per heavy atom. The molecule has 1 atom stereocenters. The van der Waals surface area contributed by atoms with E-state index in [2.05, 4.69) is 5.32 Å². The number of nitrogens with two attached hydrogens (primary N) is 1. The molecule has 100 valence electrons. The van der Waals surface area contributed by atoms with Gasteiger partial charge in [0, 0.05) is 19.2 Å². The molecule has 0 aromatic heterocycles. The van der Waals surface area contributed by atoms with E-state index in [1.807, 2.05) is 31.2 Å². The van der Waals surface area contributed by atoms with Crippen molar-refractivity contribution in [2.45, 2.75) is 32.3 Å². The van der Waals surface area contributed by atoms with Crippen molar-refractivity contribution in [3.63, 3.8) is 0 Å². The second-order valence-corrected chi connectivity index (χ2v) is 4.37. The van der Waals surface area contributed by atoms with Crippen LogP contribution >= 0.6 is 0 Å². The van der Waals surface area contributed by atoms with Crippen LogP contribution in [0.5, 0.6) is 0 Å². The van der Waals surface area contributed by atoms with Crippen LogP contribution in [0, 0.1) is 0 Å². The van der Waals surface area contributed by atoms with E-state index in [1.165, 1.54) is 5.56 Å². The molecule has 0 fully saturated rings. The minimum Gasteiger partial charge on any atom is -0.382 e. The monoisotopic (exact) mass is 250 g/mol. The summed E-state index contributed by atoms with van der Waals surface area (Å²) < 4.78 is 5.10. The molecule has 1 rings (SSSR count). The third-order valence-corrected chi connectivity index (χ3v) is 2.85. The van der Waals surface area contributed by atoms with Crippen molar-refractivity contribution in [3.05, 3.63) is 29.8 Å². The Morgan fingerprint density at radius 2 is 2.06 bits per heavy atom. The molecule has 1 amide bonds. The van der Waals surface area contributed by atoms with Crippen LogP contribution in [0.3, 0.4) is 0 Å². The number of nitrogens with one attached hydrogen (secondary N) is 1. The maximum absolute atomic E-state index is 11.7. The standard InChI is InChI=1S/C14H22N2O2/c1-11(18-2)3-8-14(17)16-13-6-4-12(5-7-13)9-10-15/h4-7,11H,3,8-10,15H2,1-2H3,(H,16,17). The molecule has 0 radical (unpaired) electrons. The van der Waals surface area contributed by atoms with Gasteiger partial charge in [-0.05, 0) is 44.0 Å². The van der Waals surface area contributed by atoms with Gasteiger partial charge in [-0.3, -0.25) is 4.79 Å². The zero-order chi connectivity index (χ0) is 13.4. The van der Waals surface area contributed by atoms with Crippen LogP contribution in [0.1, 0.15) is 25.3 Å². The van der Waals surface area contributed by atoms with Gasteiger partial charge in [0.25, 0.3) is 0 Å². The van der Waals surface area contributed by atoms with Crippen LogP contribution < -0.4 is 11.1 Å². The zero-order valence-electron chi connectivity index (χ0n) is 11.1. The fourth-order valence-electron chi connectivity index (χ4n) is 1.60. The summed E-state index contributed by atoms with van der Waals surface area (Å²) in [6.07, 6.45) is 2.18. The first kappa shape index (κ1) is 14.7.